The minimum atomic E-state index is -1.24. The molecule has 0 atom stereocenters. The zero-order chi connectivity index (χ0) is 19.3. The number of nitrogens with zero attached hydrogens (tertiary/aromatic N) is 1. The Hall–Kier alpha value is -2.19. The van der Waals surface area contributed by atoms with Crippen LogP contribution in [0.5, 0.6) is 0 Å². The van der Waals surface area contributed by atoms with Crippen LogP contribution < -0.4 is 0 Å². The van der Waals surface area contributed by atoms with Gasteiger partial charge in [0.2, 0.25) is 5.54 Å². The van der Waals surface area contributed by atoms with Crippen LogP contribution in [0.2, 0.25) is 0 Å². The van der Waals surface area contributed by atoms with Gasteiger partial charge in [-0.2, -0.15) is 0 Å². The molecule has 144 valence electrons. The number of esters is 3. The lowest BCUT2D eigenvalue weighted by molar-refractivity contribution is -0.574. The molecule has 0 aliphatic carbocycles. The zero-order valence-corrected chi connectivity index (χ0v) is 15.1. The van der Waals surface area contributed by atoms with Gasteiger partial charge in [0.15, 0.2) is 0 Å². The van der Waals surface area contributed by atoms with Gasteiger partial charge in [0.25, 0.3) is 0 Å². The summed E-state index contributed by atoms with van der Waals surface area (Å²) in [4.78, 5) is 43.8. The number of carbonyl (C=O) groups is 3. The van der Waals surface area contributed by atoms with Crippen LogP contribution in [0.25, 0.3) is 0 Å². The van der Waals surface area contributed by atoms with E-state index in [1.807, 2.05) is 0 Å². The van der Waals surface area contributed by atoms with Crippen LogP contribution in [-0.2, 0) is 28.6 Å². The Morgan fingerprint density at radius 1 is 0.760 bits per heavy atom. The average Bonchev–Trinajstić information content (AvgIpc) is 2.50. The van der Waals surface area contributed by atoms with Gasteiger partial charge in [0.05, 0.1) is 19.8 Å². The Labute approximate surface area is 147 Å². The summed E-state index contributed by atoms with van der Waals surface area (Å²) in [5.41, 5.74) is -1.24. The molecule has 0 aliphatic rings. The number of hydrogen-bond donors (Lipinski definition) is 0. The normalized spacial score (nSPS) is 10.8. The molecule has 0 rings (SSSR count). The van der Waals surface area contributed by atoms with Crippen molar-refractivity contribution in [1.82, 2.24) is 0 Å². The number of carbonyl (C=O) groups excluding carboxylic acids is 3. The summed E-state index contributed by atoms with van der Waals surface area (Å²) in [5.74, 6) is -1.30. The topological polar surface area (TPSA) is 122 Å². The number of ether oxygens (including phenoxy) is 3. The molecular formula is C16H27NO8. The largest absolute Gasteiger partial charge is 0.466 e. The third kappa shape index (κ3) is 11.1. The number of hydrogen-bond acceptors (Lipinski definition) is 8. The maximum absolute atomic E-state index is 11.7. The van der Waals surface area contributed by atoms with Gasteiger partial charge >= 0.3 is 17.9 Å². The smallest absolute Gasteiger partial charge is 0.302 e. The summed E-state index contributed by atoms with van der Waals surface area (Å²) in [6, 6.07) is 0. The summed E-state index contributed by atoms with van der Waals surface area (Å²) in [7, 11) is 0. The van der Waals surface area contributed by atoms with Crippen LogP contribution in [0.1, 0.15) is 59.3 Å². The molecule has 25 heavy (non-hydrogen) atoms. The van der Waals surface area contributed by atoms with Crippen molar-refractivity contribution in [3.63, 3.8) is 0 Å². The van der Waals surface area contributed by atoms with Gasteiger partial charge < -0.3 is 14.2 Å². The van der Waals surface area contributed by atoms with Gasteiger partial charge in [-0.1, -0.05) is 0 Å². The summed E-state index contributed by atoms with van der Waals surface area (Å²) >= 11 is 0. The van der Waals surface area contributed by atoms with Crippen molar-refractivity contribution in [2.24, 2.45) is 0 Å². The third-order valence-electron chi connectivity index (χ3n) is 3.66. The minimum Gasteiger partial charge on any atom is -0.466 e. The highest BCUT2D eigenvalue weighted by atomic mass is 16.6. The highest BCUT2D eigenvalue weighted by Gasteiger charge is 2.41. The summed E-state index contributed by atoms with van der Waals surface area (Å²) in [6.45, 7) is 4.16. The van der Waals surface area contributed by atoms with E-state index in [0.29, 0.717) is 19.3 Å². The Morgan fingerprint density at radius 3 is 1.24 bits per heavy atom. The second kappa shape index (κ2) is 12.2. The standard InChI is InChI=1S/C16H27NO8/c1-13(18)23-10-4-7-16(17(21)22,8-5-11-24-14(2)19)9-6-12-25-15(3)20/h4-12H2,1-3H3. The second-order valence-electron chi connectivity index (χ2n) is 5.81. The van der Waals surface area contributed by atoms with Gasteiger partial charge in [0, 0.05) is 45.0 Å². The highest BCUT2D eigenvalue weighted by molar-refractivity contribution is 5.66. The molecule has 0 aromatic carbocycles. The van der Waals surface area contributed by atoms with E-state index in [1.54, 1.807) is 0 Å². The van der Waals surface area contributed by atoms with Crippen LogP contribution >= 0.6 is 0 Å². The maximum atomic E-state index is 11.7. The third-order valence-corrected chi connectivity index (χ3v) is 3.66. The Morgan fingerprint density at radius 2 is 1.04 bits per heavy atom. The van der Waals surface area contributed by atoms with Gasteiger partial charge in [-0.05, 0) is 19.3 Å². The van der Waals surface area contributed by atoms with E-state index in [2.05, 4.69) is 0 Å². The Bertz CT molecular complexity index is 408. The molecule has 0 N–H and O–H groups in total. The number of nitro groups is 1. The number of rotatable bonds is 13. The zero-order valence-electron chi connectivity index (χ0n) is 15.1. The Kier molecular flexibility index (Phi) is 11.1. The SMILES string of the molecule is CC(=O)OCCCC(CCCOC(C)=O)(CCCOC(C)=O)[N+](=O)[O-]. The first-order valence-corrected chi connectivity index (χ1v) is 8.24. The molecule has 0 saturated heterocycles. The lowest BCUT2D eigenvalue weighted by atomic mass is 9.84. The molecule has 9 heteroatoms. The van der Waals surface area contributed by atoms with E-state index in [4.69, 9.17) is 14.2 Å². The molecule has 0 radical (unpaired) electrons. The van der Waals surface area contributed by atoms with Gasteiger partial charge in [-0.25, -0.2) is 0 Å². The van der Waals surface area contributed by atoms with Gasteiger partial charge in [-0.15, -0.1) is 0 Å². The first-order chi connectivity index (χ1) is 11.7. The van der Waals surface area contributed by atoms with Crippen LogP contribution in [0.4, 0.5) is 0 Å². The molecule has 0 spiro atoms. The molecule has 0 heterocycles. The van der Waals surface area contributed by atoms with Gasteiger partial charge in [-0.3, -0.25) is 24.5 Å². The van der Waals surface area contributed by atoms with Crippen LogP contribution in [0, 0.1) is 10.1 Å². The van der Waals surface area contributed by atoms with Crippen molar-refractivity contribution >= 4 is 17.9 Å². The van der Waals surface area contributed by atoms with Crippen molar-refractivity contribution in [2.45, 2.75) is 64.8 Å². The highest BCUT2D eigenvalue weighted by Crippen LogP contribution is 2.29. The first kappa shape index (κ1) is 22.8. The lowest BCUT2D eigenvalue weighted by Crippen LogP contribution is -2.39. The fourth-order valence-electron chi connectivity index (χ4n) is 2.50. The molecule has 0 aromatic heterocycles. The molecule has 0 amide bonds. The van der Waals surface area contributed by atoms with Crippen molar-refractivity contribution in [3.05, 3.63) is 10.1 Å². The summed E-state index contributed by atoms with van der Waals surface area (Å²) < 4.78 is 14.5. The van der Waals surface area contributed by atoms with E-state index in [9.17, 15) is 24.5 Å². The van der Waals surface area contributed by atoms with E-state index >= 15 is 0 Å². The van der Waals surface area contributed by atoms with Crippen molar-refractivity contribution in [1.29, 1.82) is 0 Å². The van der Waals surface area contributed by atoms with Crippen LogP contribution in [0.15, 0.2) is 0 Å². The van der Waals surface area contributed by atoms with Crippen LogP contribution in [-0.4, -0.2) is 48.2 Å². The van der Waals surface area contributed by atoms with E-state index in [0.717, 1.165) is 0 Å². The Balaban J connectivity index is 4.72. The molecule has 0 aromatic rings. The van der Waals surface area contributed by atoms with Crippen LogP contribution in [0.3, 0.4) is 0 Å². The van der Waals surface area contributed by atoms with E-state index < -0.39 is 23.4 Å². The fraction of sp³-hybridized carbons (Fsp3) is 0.812. The van der Waals surface area contributed by atoms with E-state index in [1.165, 1.54) is 20.8 Å². The fourth-order valence-corrected chi connectivity index (χ4v) is 2.50. The maximum Gasteiger partial charge on any atom is 0.302 e. The molecule has 9 nitrogen and oxygen atoms in total. The first-order valence-electron chi connectivity index (χ1n) is 8.24. The molecule has 0 fully saturated rings. The second-order valence-corrected chi connectivity index (χ2v) is 5.81. The predicted molar refractivity (Wildman–Crippen MR) is 87.3 cm³/mol. The summed E-state index contributed by atoms with van der Waals surface area (Å²) in [5, 5.41) is 11.7. The predicted octanol–water partition coefficient (Wildman–Crippen LogP) is 2.03. The van der Waals surface area contributed by atoms with Crippen molar-refractivity contribution in [3.8, 4) is 0 Å². The molecule has 0 unspecified atom stereocenters. The lowest BCUT2D eigenvalue weighted by Gasteiger charge is -2.25. The quantitative estimate of drug-likeness (QED) is 0.160. The molecular weight excluding hydrogens is 334 g/mol. The summed E-state index contributed by atoms with van der Waals surface area (Å²) in [6.07, 6.45) is 1.69. The minimum absolute atomic E-state index is 0.110. The molecule has 0 saturated carbocycles. The van der Waals surface area contributed by atoms with Crippen molar-refractivity contribution in [2.75, 3.05) is 19.8 Å². The monoisotopic (exact) mass is 361 g/mol. The van der Waals surface area contributed by atoms with Crippen molar-refractivity contribution < 1.29 is 33.5 Å². The average molecular weight is 361 g/mol. The molecule has 0 bridgehead atoms. The van der Waals surface area contributed by atoms with Gasteiger partial charge in [0.1, 0.15) is 0 Å². The van der Waals surface area contributed by atoms with E-state index in [-0.39, 0.29) is 44.0 Å². The molecule has 0 aliphatic heterocycles.